The number of carbonyl (C=O) groups is 2. The molecule has 0 aliphatic carbocycles. The SMILES string of the molecule is CC(C)Cc1nc(OC(=O)CCC(C=N)C(=O)Oc2csc(CC(C)C)n2)cs1. The van der Waals surface area contributed by atoms with Crippen LogP contribution in [0.25, 0.3) is 0 Å². The first-order valence-electron chi connectivity index (χ1n) is 9.58. The van der Waals surface area contributed by atoms with E-state index in [9.17, 15) is 9.59 Å². The molecule has 2 aromatic heterocycles. The summed E-state index contributed by atoms with van der Waals surface area (Å²) in [5.41, 5.74) is 0. The number of carbonyl (C=O) groups excluding carboxylic acids is 2. The van der Waals surface area contributed by atoms with Crippen LogP contribution in [0.15, 0.2) is 10.8 Å². The van der Waals surface area contributed by atoms with Gasteiger partial charge in [-0.25, -0.2) is 9.97 Å². The number of ether oxygens (including phenoxy) is 2. The molecule has 29 heavy (non-hydrogen) atoms. The first kappa shape index (κ1) is 23.2. The second kappa shape index (κ2) is 11.2. The van der Waals surface area contributed by atoms with Crippen molar-refractivity contribution in [3.63, 3.8) is 0 Å². The van der Waals surface area contributed by atoms with Gasteiger partial charge in [-0.05, 0) is 18.3 Å². The number of nitrogens with zero attached hydrogens (tertiary/aromatic N) is 2. The quantitative estimate of drug-likeness (QED) is 0.408. The van der Waals surface area contributed by atoms with Crippen molar-refractivity contribution < 1.29 is 19.1 Å². The highest BCUT2D eigenvalue weighted by atomic mass is 32.1. The molecule has 0 amide bonds. The van der Waals surface area contributed by atoms with E-state index in [0.717, 1.165) is 29.1 Å². The fourth-order valence-electron chi connectivity index (χ4n) is 2.46. The van der Waals surface area contributed by atoms with Gasteiger partial charge < -0.3 is 14.9 Å². The van der Waals surface area contributed by atoms with E-state index in [-0.39, 0.29) is 24.6 Å². The van der Waals surface area contributed by atoms with Crippen molar-refractivity contribution >= 4 is 40.8 Å². The van der Waals surface area contributed by atoms with E-state index in [2.05, 4.69) is 37.7 Å². The average molecular weight is 438 g/mol. The Morgan fingerprint density at radius 3 is 2.00 bits per heavy atom. The van der Waals surface area contributed by atoms with E-state index in [0.29, 0.717) is 11.8 Å². The lowest BCUT2D eigenvalue weighted by Crippen LogP contribution is -2.23. The van der Waals surface area contributed by atoms with Gasteiger partial charge in [0.2, 0.25) is 11.8 Å². The van der Waals surface area contributed by atoms with Crippen LogP contribution in [0.3, 0.4) is 0 Å². The lowest BCUT2D eigenvalue weighted by atomic mass is 10.1. The molecule has 0 aliphatic heterocycles. The van der Waals surface area contributed by atoms with Crippen LogP contribution < -0.4 is 9.47 Å². The number of thiazole rings is 2. The molecular weight excluding hydrogens is 410 g/mol. The van der Waals surface area contributed by atoms with Crippen LogP contribution in [0, 0.1) is 23.2 Å². The van der Waals surface area contributed by atoms with Gasteiger partial charge in [-0.1, -0.05) is 27.7 Å². The molecule has 158 valence electrons. The fourth-order valence-corrected chi connectivity index (χ4v) is 4.28. The third-order valence-corrected chi connectivity index (χ3v) is 5.51. The first-order chi connectivity index (χ1) is 13.8. The zero-order chi connectivity index (χ0) is 21.4. The third kappa shape index (κ3) is 8.02. The summed E-state index contributed by atoms with van der Waals surface area (Å²) in [5, 5.41) is 12.7. The lowest BCUT2D eigenvalue weighted by molar-refractivity contribution is -0.138. The number of hydrogen-bond acceptors (Lipinski definition) is 9. The van der Waals surface area contributed by atoms with Gasteiger partial charge in [0.15, 0.2) is 0 Å². The Labute approximate surface area is 179 Å². The Morgan fingerprint density at radius 2 is 1.52 bits per heavy atom. The van der Waals surface area contributed by atoms with Crippen LogP contribution >= 0.6 is 22.7 Å². The summed E-state index contributed by atoms with van der Waals surface area (Å²) in [6.07, 6.45) is 2.76. The molecule has 0 fully saturated rings. The zero-order valence-corrected chi connectivity index (χ0v) is 18.8. The highest BCUT2D eigenvalue weighted by Crippen LogP contribution is 2.22. The molecule has 2 heterocycles. The summed E-state index contributed by atoms with van der Waals surface area (Å²) in [6, 6.07) is 0. The van der Waals surface area contributed by atoms with E-state index in [4.69, 9.17) is 14.9 Å². The topological polar surface area (TPSA) is 102 Å². The van der Waals surface area contributed by atoms with E-state index < -0.39 is 17.9 Å². The molecule has 0 aromatic carbocycles. The molecule has 1 N–H and O–H groups in total. The molecule has 1 unspecified atom stereocenters. The minimum atomic E-state index is -0.829. The molecule has 0 spiro atoms. The second-order valence-corrected chi connectivity index (χ2v) is 9.45. The zero-order valence-electron chi connectivity index (χ0n) is 17.1. The molecule has 0 radical (unpaired) electrons. The molecule has 1 atom stereocenters. The molecular formula is C20H27N3O4S2. The number of aromatic nitrogens is 2. The van der Waals surface area contributed by atoms with Crippen molar-refractivity contribution in [1.29, 1.82) is 5.41 Å². The summed E-state index contributed by atoms with van der Waals surface area (Å²) in [5.74, 6) is -0.451. The average Bonchev–Trinajstić information content (AvgIpc) is 3.23. The largest absolute Gasteiger partial charge is 0.407 e. The van der Waals surface area contributed by atoms with Gasteiger partial charge in [0, 0.05) is 25.5 Å². The Kier molecular flexibility index (Phi) is 8.91. The van der Waals surface area contributed by atoms with Gasteiger partial charge >= 0.3 is 11.9 Å². The number of hydrogen-bond donors (Lipinski definition) is 1. The van der Waals surface area contributed by atoms with Gasteiger partial charge in [-0.3, -0.25) is 9.59 Å². The van der Waals surface area contributed by atoms with Crippen LogP contribution in [0.5, 0.6) is 11.8 Å². The van der Waals surface area contributed by atoms with Crippen LogP contribution in [-0.4, -0.2) is 28.1 Å². The molecule has 7 nitrogen and oxygen atoms in total. The van der Waals surface area contributed by atoms with Crippen LogP contribution in [0.4, 0.5) is 0 Å². The summed E-state index contributed by atoms with van der Waals surface area (Å²) in [4.78, 5) is 32.9. The fraction of sp³-hybridized carbons (Fsp3) is 0.550. The molecule has 2 aromatic rings. The van der Waals surface area contributed by atoms with Crippen molar-refractivity contribution in [2.45, 2.75) is 53.4 Å². The summed E-state index contributed by atoms with van der Waals surface area (Å²) in [7, 11) is 0. The molecule has 9 heteroatoms. The Balaban J connectivity index is 1.81. The predicted molar refractivity (Wildman–Crippen MR) is 114 cm³/mol. The number of esters is 2. The van der Waals surface area contributed by atoms with Crippen LogP contribution in [0.1, 0.15) is 50.6 Å². The van der Waals surface area contributed by atoms with Crippen LogP contribution in [-0.2, 0) is 22.4 Å². The Hall–Kier alpha value is -2.13. The van der Waals surface area contributed by atoms with Crippen LogP contribution in [0.2, 0.25) is 0 Å². The number of rotatable bonds is 11. The minimum absolute atomic E-state index is 0.0121. The minimum Gasteiger partial charge on any atom is -0.407 e. The lowest BCUT2D eigenvalue weighted by Gasteiger charge is -2.09. The summed E-state index contributed by atoms with van der Waals surface area (Å²) >= 11 is 2.89. The molecule has 0 bridgehead atoms. The normalized spacial score (nSPS) is 12.2. The van der Waals surface area contributed by atoms with Crippen molar-refractivity contribution in [3.05, 3.63) is 20.8 Å². The van der Waals surface area contributed by atoms with Crippen molar-refractivity contribution in [3.8, 4) is 11.8 Å². The van der Waals surface area contributed by atoms with Crippen molar-refractivity contribution in [1.82, 2.24) is 9.97 Å². The van der Waals surface area contributed by atoms with E-state index in [1.165, 1.54) is 22.7 Å². The predicted octanol–water partition coefficient (Wildman–Crippen LogP) is 4.55. The molecule has 0 saturated carbocycles. The highest BCUT2D eigenvalue weighted by molar-refractivity contribution is 7.10. The Morgan fingerprint density at radius 1 is 1.00 bits per heavy atom. The summed E-state index contributed by atoms with van der Waals surface area (Å²) in [6.45, 7) is 8.38. The Bertz CT molecular complexity index is 829. The maximum absolute atomic E-state index is 12.3. The van der Waals surface area contributed by atoms with Gasteiger partial charge in [0.1, 0.15) is 0 Å². The molecule has 0 saturated heterocycles. The second-order valence-electron chi connectivity index (χ2n) is 7.56. The molecule has 0 aliphatic rings. The number of nitrogens with one attached hydrogen (secondary N) is 1. The van der Waals surface area contributed by atoms with E-state index in [1.807, 2.05) is 0 Å². The standard InChI is InChI=1S/C20H27N3O4S2/c1-12(2)7-17-22-15(10-28-17)26-19(24)6-5-14(9-21)20(25)27-16-11-29-18(23-16)8-13(3)4/h9-14,21H,5-8H2,1-4H3. The maximum Gasteiger partial charge on any atom is 0.321 e. The van der Waals surface area contributed by atoms with E-state index in [1.54, 1.807) is 10.8 Å². The highest BCUT2D eigenvalue weighted by Gasteiger charge is 2.22. The first-order valence-corrected chi connectivity index (χ1v) is 11.3. The van der Waals surface area contributed by atoms with Gasteiger partial charge in [-0.15, -0.1) is 22.7 Å². The van der Waals surface area contributed by atoms with Gasteiger partial charge in [0.05, 0.1) is 26.7 Å². The van der Waals surface area contributed by atoms with Crippen molar-refractivity contribution in [2.75, 3.05) is 0 Å². The van der Waals surface area contributed by atoms with Crippen molar-refractivity contribution in [2.24, 2.45) is 17.8 Å². The van der Waals surface area contributed by atoms with Gasteiger partial charge in [-0.2, -0.15) is 0 Å². The van der Waals surface area contributed by atoms with E-state index >= 15 is 0 Å². The van der Waals surface area contributed by atoms with Gasteiger partial charge in [0.25, 0.3) is 0 Å². The summed E-state index contributed by atoms with van der Waals surface area (Å²) < 4.78 is 10.5. The molecule has 2 rings (SSSR count). The third-order valence-electron chi connectivity index (χ3n) is 3.81. The smallest absolute Gasteiger partial charge is 0.321 e. The monoisotopic (exact) mass is 437 g/mol. The maximum atomic E-state index is 12.3.